The molecule has 0 aliphatic rings. The van der Waals surface area contributed by atoms with Crippen LogP contribution in [-0.4, -0.2) is 63.4 Å². The molecule has 3 aromatic carbocycles. The number of furan rings is 1. The molecule has 250 valence electrons. The predicted molar refractivity (Wildman–Crippen MR) is 179 cm³/mol. The SMILES string of the molecule is CCN(CCCNCC(O)c1ccc(O)c2[nH]c(=O)ccc12)C(=O)c1ccc(COc2cccc([C@@H](NC(=O)O)c3ccccc3)c2)o1. The van der Waals surface area contributed by atoms with Gasteiger partial charge in [0.05, 0.1) is 17.7 Å². The van der Waals surface area contributed by atoms with E-state index in [4.69, 9.17) is 9.15 Å². The normalized spacial score (nSPS) is 12.4. The Bertz CT molecular complexity index is 1910. The first kappa shape index (κ1) is 33.8. The number of pyridine rings is 1. The van der Waals surface area contributed by atoms with Crippen molar-refractivity contribution in [3.63, 3.8) is 0 Å². The Morgan fingerprint density at radius 2 is 1.77 bits per heavy atom. The molecule has 0 spiro atoms. The van der Waals surface area contributed by atoms with Gasteiger partial charge in [-0.25, -0.2) is 4.79 Å². The highest BCUT2D eigenvalue weighted by Crippen LogP contribution is 2.29. The van der Waals surface area contributed by atoms with Gasteiger partial charge in [0.15, 0.2) is 5.76 Å². The van der Waals surface area contributed by atoms with Crippen LogP contribution in [0.2, 0.25) is 0 Å². The Balaban J connectivity index is 1.11. The summed E-state index contributed by atoms with van der Waals surface area (Å²) in [5, 5.41) is 36.5. The van der Waals surface area contributed by atoms with E-state index in [1.54, 1.807) is 47.4 Å². The molecule has 2 aromatic heterocycles. The molecule has 0 saturated heterocycles. The molecular formula is C36H38N4O8. The van der Waals surface area contributed by atoms with Crippen molar-refractivity contribution >= 4 is 22.9 Å². The first-order chi connectivity index (χ1) is 23.2. The number of aliphatic hydroxyl groups excluding tert-OH is 1. The summed E-state index contributed by atoms with van der Waals surface area (Å²) in [4.78, 5) is 40.6. The predicted octanol–water partition coefficient (Wildman–Crippen LogP) is 4.94. The lowest BCUT2D eigenvalue weighted by Crippen LogP contribution is -2.33. The van der Waals surface area contributed by atoms with E-state index in [9.17, 15) is 29.7 Å². The zero-order chi connectivity index (χ0) is 34.0. The summed E-state index contributed by atoms with van der Waals surface area (Å²) in [6, 6.07) is 25.1. The lowest BCUT2D eigenvalue weighted by Gasteiger charge is -2.20. The van der Waals surface area contributed by atoms with Crippen molar-refractivity contribution in [2.24, 2.45) is 0 Å². The van der Waals surface area contributed by atoms with E-state index >= 15 is 0 Å². The molecule has 0 fully saturated rings. The largest absolute Gasteiger partial charge is 0.506 e. The van der Waals surface area contributed by atoms with Crippen molar-refractivity contribution in [3.8, 4) is 11.5 Å². The van der Waals surface area contributed by atoms with Crippen LogP contribution in [0.25, 0.3) is 10.9 Å². The van der Waals surface area contributed by atoms with E-state index in [-0.39, 0.29) is 41.6 Å². The number of fused-ring (bicyclic) bond motifs is 1. The van der Waals surface area contributed by atoms with Crippen LogP contribution in [-0.2, 0) is 6.61 Å². The molecular weight excluding hydrogens is 616 g/mol. The highest BCUT2D eigenvalue weighted by molar-refractivity contribution is 5.91. The van der Waals surface area contributed by atoms with E-state index in [1.165, 1.54) is 12.1 Å². The van der Waals surface area contributed by atoms with E-state index in [0.29, 0.717) is 54.1 Å². The summed E-state index contributed by atoms with van der Waals surface area (Å²) in [5.74, 6) is 0.859. The minimum Gasteiger partial charge on any atom is -0.506 e. The van der Waals surface area contributed by atoms with Gasteiger partial charge in [-0.1, -0.05) is 48.5 Å². The van der Waals surface area contributed by atoms with E-state index in [2.05, 4.69) is 15.6 Å². The minimum absolute atomic E-state index is 0.0677. The number of nitrogens with zero attached hydrogens (tertiary/aromatic N) is 1. The van der Waals surface area contributed by atoms with Crippen LogP contribution in [0, 0.1) is 0 Å². The molecule has 1 unspecified atom stereocenters. The van der Waals surface area contributed by atoms with Gasteiger partial charge in [-0.05, 0) is 73.0 Å². The number of amides is 2. The highest BCUT2D eigenvalue weighted by atomic mass is 16.5. The third-order valence-corrected chi connectivity index (χ3v) is 7.90. The summed E-state index contributed by atoms with van der Waals surface area (Å²) < 4.78 is 11.7. The number of phenols is 1. The molecule has 12 heteroatoms. The van der Waals surface area contributed by atoms with Crippen LogP contribution in [0.1, 0.15) is 58.5 Å². The van der Waals surface area contributed by atoms with Gasteiger partial charge in [0.2, 0.25) is 5.56 Å². The fraction of sp³-hybridized carbons (Fsp3) is 0.250. The highest BCUT2D eigenvalue weighted by Gasteiger charge is 2.20. The molecule has 5 rings (SSSR count). The topological polar surface area (TPSA) is 177 Å². The first-order valence-electron chi connectivity index (χ1n) is 15.6. The maximum atomic E-state index is 13.2. The van der Waals surface area contributed by atoms with E-state index in [0.717, 1.165) is 5.56 Å². The number of carboxylic acid groups (broad SMARTS) is 1. The Labute approximate surface area is 276 Å². The van der Waals surface area contributed by atoms with Crippen LogP contribution in [0.3, 0.4) is 0 Å². The number of aromatic amines is 1. The van der Waals surface area contributed by atoms with Crippen molar-refractivity contribution in [1.29, 1.82) is 0 Å². The van der Waals surface area contributed by atoms with Gasteiger partial charge in [0, 0.05) is 31.1 Å². The number of nitrogens with one attached hydrogen (secondary N) is 3. The van der Waals surface area contributed by atoms with Gasteiger partial charge < -0.3 is 45.0 Å². The monoisotopic (exact) mass is 654 g/mol. The molecule has 5 aromatic rings. The van der Waals surface area contributed by atoms with Crippen molar-refractivity contribution in [2.45, 2.75) is 32.1 Å². The number of aliphatic hydroxyl groups is 1. The molecule has 6 N–H and O–H groups in total. The summed E-state index contributed by atoms with van der Waals surface area (Å²) in [7, 11) is 0. The van der Waals surface area contributed by atoms with Crippen LogP contribution in [0.5, 0.6) is 11.5 Å². The van der Waals surface area contributed by atoms with Crippen LogP contribution in [0.15, 0.2) is 100 Å². The van der Waals surface area contributed by atoms with Gasteiger partial charge in [0.1, 0.15) is 23.9 Å². The molecule has 0 bridgehead atoms. The quantitative estimate of drug-likeness (QED) is 0.0854. The number of phenolic OH excluding ortho intramolecular Hbond substituents is 1. The second kappa shape index (κ2) is 15.8. The van der Waals surface area contributed by atoms with Gasteiger partial charge in [0.25, 0.3) is 5.91 Å². The average molecular weight is 655 g/mol. The van der Waals surface area contributed by atoms with Crippen molar-refractivity contribution in [2.75, 3.05) is 26.2 Å². The number of benzene rings is 3. The number of carbonyl (C=O) groups is 2. The number of rotatable bonds is 15. The van der Waals surface area contributed by atoms with Crippen molar-refractivity contribution < 1.29 is 34.1 Å². The lowest BCUT2D eigenvalue weighted by molar-refractivity contribution is 0.0725. The zero-order valence-corrected chi connectivity index (χ0v) is 26.4. The Hall–Kier alpha value is -5.59. The second-order valence-electron chi connectivity index (χ2n) is 11.2. The Morgan fingerprint density at radius 1 is 0.979 bits per heavy atom. The molecule has 2 heterocycles. The molecule has 48 heavy (non-hydrogen) atoms. The van der Waals surface area contributed by atoms with E-state index in [1.807, 2.05) is 43.3 Å². The molecule has 0 saturated carbocycles. The number of carbonyl (C=O) groups excluding carboxylic acids is 1. The smallest absolute Gasteiger partial charge is 0.405 e. The number of H-pyrrole nitrogens is 1. The third kappa shape index (κ3) is 8.41. The number of ether oxygens (including phenoxy) is 1. The lowest BCUT2D eigenvalue weighted by atomic mass is 9.99. The fourth-order valence-electron chi connectivity index (χ4n) is 5.49. The molecule has 2 amide bonds. The molecule has 2 atom stereocenters. The molecule has 0 radical (unpaired) electrons. The fourth-order valence-corrected chi connectivity index (χ4v) is 5.49. The molecule has 0 aliphatic heterocycles. The van der Waals surface area contributed by atoms with E-state index < -0.39 is 18.2 Å². The summed E-state index contributed by atoms with van der Waals surface area (Å²) >= 11 is 0. The third-order valence-electron chi connectivity index (χ3n) is 7.90. The van der Waals surface area contributed by atoms with Crippen LogP contribution >= 0.6 is 0 Å². The number of aromatic nitrogens is 1. The van der Waals surface area contributed by atoms with Crippen LogP contribution < -0.4 is 20.9 Å². The number of hydrogen-bond donors (Lipinski definition) is 6. The number of hydrogen-bond acceptors (Lipinski definition) is 8. The van der Waals surface area contributed by atoms with Crippen molar-refractivity contribution in [1.82, 2.24) is 20.5 Å². The Morgan fingerprint density at radius 3 is 2.54 bits per heavy atom. The maximum Gasteiger partial charge on any atom is 0.405 e. The van der Waals surface area contributed by atoms with Gasteiger partial charge in [-0.2, -0.15) is 0 Å². The van der Waals surface area contributed by atoms with Crippen LogP contribution in [0.4, 0.5) is 4.79 Å². The van der Waals surface area contributed by atoms with Gasteiger partial charge >= 0.3 is 6.09 Å². The minimum atomic E-state index is -1.14. The zero-order valence-electron chi connectivity index (χ0n) is 26.4. The number of aromatic hydroxyl groups is 1. The van der Waals surface area contributed by atoms with Gasteiger partial charge in [-0.3, -0.25) is 9.59 Å². The van der Waals surface area contributed by atoms with Gasteiger partial charge in [-0.15, -0.1) is 0 Å². The average Bonchev–Trinajstić information content (AvgIpc) is 3.57. The standard InChI is InChI=1S/C36H38N4O8/c1-2-40(19-7-18-37-21-30(42)27-13-15-29(41)34-28(27)14-17-32(43)38-34)35(44)31-16-12-26(48-31)22-47-25-11-6-10-24(20-25)33(39-36(45)46)23-8-4-3-5-9-23/h3-6,8-17,20,30,33,37,39,41-42H,2,7,18-19,21-22H2,1H3,(H,38,43)(H,45,46)/t30?,33-/m0/s1. The van der Waals surface area contributed by atoms with Crippen molar-refractivity contribution in [3.05, 3.63) is 130 Å². The second-order valence-corrected chi connectivity index (χ2v) is 11.2. The Kier molecular flexibility index (Phi) is 11.1. The summed E-state index contributed by atoms with van der Waals surface area (Å²) in [5.41, 5.74) is 2.02. The molecule has 12 nitrogen and oxygen atoms in total. The summed E-state index contributed by atoms with van der Waals surface area (Å²) in [6.45, 7) is 3.68. The maximum absolute atomic E-state index is 13.2. The molecule has 0 aliphatic carbocycles. The first-order valence-corrected chi connectivity index (χ1v) is 15.6. The summed E-state index contributed by atoms with van der Waals surface area (Å²) in [6.07, 6.45) is -1.39.